The summed E-state index contributed by atoms with van der Waals surface area (Å²) in [7, 11) is 0. The van der Waals surface area contributed by atoms with E-state index >= 15 is 0 Å². The maximum Gasteiger partial charge on any atom is 0.230 e. The van der Waals surface area contributed by atoms with Crippen molar-refractivity contribution >= 4 is 23.7 Å². The lowest BCUT2D eigenvalue weighted by atomic mass is 10.2. The van der Waals surface area contributed by atoms with Gasteiger partial charge in [-0.1, -0.05) is 0 Å². The van der Waals surface area contributed by atoms with Crippen LogP contribution in [-0.2, 0) is 0 Å². The average molecular weight is 435 g/mol. The van der Waals surface area contributed by atoms with Crippen LogP contribution in [0.4, 0.5) is 23.7 Å². The van der Waals surface area contributed by atoms with E-state index in [1.165, 1.54) is 51.4 Å². The number of hydrogen-bond donors (Lipinski definition) is 0. The van der Waals surface area contributed by atoms with Gasteiger partial charge in [0.15, 0.2) is 5.82 Å². The number of aromatic nitrogens is 5. The highest BCUT2D eigenvalue weighted by Gasteiger charge is 2.27. The van der Waals surface area contributed by atoms with Crippen molar-refractivity contribution in [1.82, 2.24) is 24.9 Å². The molecule has 0 aromatic carbocycles. The van der Waals surface area contributed by atoms with Crippen LogP contribution in [0.15, 0.2) is 0 Å². The molecule has 0 bridgehead atoms. The zero-order valence-corrected chi connectivity index (χ0v) is 18.8. The maximum absolute atomic E-state index is 5.05. The monoisotopic (exact) mass is 434 g/mol. The fourth-order valence-electron chi connectivity index (χ4n) is 5.28. The first-order valence-corrected chi connectivity index (χ1v) is 12.4. The zero-order chi connectivity index (χ0) is 21.3. The van der Waals surface area contributed by atoms with Crippen LogP contribution in [0, 0.1) is 6.20 Å². The summed E-state index contributed by atoms with van der Waals surface area (Å²) < 4.78 is 0. The van der Waals surface area contributed by atoms with Crippen LogP contribution in [0.2, 0.25) is 0 Å². The molecule has 1 radical (unpaired) electrons. The van der Waals surface area contributed by atoms with Gasteiger partial charge in [0.05, 0.1) is 5.56 Å². The van der Waals surface area contributed by atoms with Crippen LogP contribution in [0.1, 0.15) is 51.4 Å². The van der Waals surface area contributed by atoms with E-state index in [1.54, 1.807) is 0 Å². The second-order valence-corrected chi connectivity index (χ2v) is 9.37. The molecule has 0 spiro atoms. The van der Waals surface area contributed by atoms with Crippen molar-refractivity contribution in [1.29, 1.82) is 0 Å². The summed E-state index contributed by atoms with van der Waals surface area (Å²) in [5.41, 5.74) is 0.818. The van der Waals surface area contributed by atoms with Crippen molar-refractivity contribution in [2.75, 3.05) is 72.0 Å². The predicted molar refractivity (Wildman–Crippen MR) is 125 cm³/mol. The molecule has 9 heteroatoms. The third-order valence-electron chi connectivity index (χ3n) is 7.10. The molecule has 0 atom stereocenters. The van der Waals surface area contributed by atoms with Crippen LogP contribution in [0.3, 0.4) is 0 Å². The Hall–Kier alpha value is -2.71. The summed E-state index contributed by atoms with van der Waals surface area (Å²) in [6.45, 7) is 8.12. The quantitative estimate of drug-likeness (QED) is 0.705. The minimum Gasteiger partial charge on any atom is -0.356 e. The highest BCUT2D eigenvalue weighted by molar-refractivity contribution is 5.72. The topological polar surface area (TPSA) is 77.4 Å². The zero-order valence-electron chi connectivity index (χ0n) is 18.8. The normalized spacial score (nSPS) is 21.4. The Balaban J connectivity index is 1.44. The Morgan fingerprint density at radius 1 is 0.469 bits per heavy atom. The van der Waals surface area contributed by atoms with Crippen molar-refractivity contribution in [2.45, 2.75) is 51.4 Å². The van der Waals surface area contributed by atoms with Crippen LogP contribution in [-0.4, -0.2) is 77.3 Å². The molecule has 169 valence electrons. The number of anilines is 4. The lowest BCUT2D eigenvalue weighted by Crippen LogP contribution is -2.27. The predicted octanol–water partition coefficient (Wildman–Crippen LogP) is 2.53. The van der Waals surface area contributed by atoms with Crippen LogP contribution in [0.5, 0.6) is 0 Å². The minimum absolute atomic E-state index is 0.665. The lowest BCUT2D eigenvalue weighted by molar-refractivity contribution is 0.836. The molecule has 4 aliphatic rings. The Morgan fingerprint density at radius 2 is 0.906 bits per heavy atom. The molecular weight excluding hydrogens is 402 g/mol. The summed E-state index contributed by atoms with van der Waals surface area (Å²) in [6, 6.07) is 0. The maximum atomic E-state index is 5.05. The largest absolute Gasteiger partial charge is 0.356 e. The van der Waals surface area contributed by atoms with Gasteiger partial charge in [0.1, 0.15) is 12.0 Å². The minimum atomic E-state index is 0.665. The molecule has 0 unspecified atom stereocenters. The molecule has 6 rings (SSSR count). The summed E-state index contributed by atoms with van der Waals surface area (Å²) in [6.07, 6.45) is 12.9. The average Bonchev–Trinajstić information content (AvgIpc) is 3.67. The Labute approximate surface area is 189 Å². The first kappa shape index (κ1) is 19.9. The van der Waals surface area contributed by atoms with E-state index in [2.05, 4.69) is 30.8 Å². The molecule has 6 heterocycles. The molecule has 9 nitrogen and oxygen atoms in total. The van der Waals surface area contributed by atoms with Gasteiger partial charge >= 0.3 is 0 Å². The van der Waals surface area contributed by atoms with E-state index < -0.39 is 0 Å². The number of hydrogen-bond acceptors (Lipinski definition) is 9. The van der Waals surface area contributed by atoms with Crippen molar-refractivity contribution in [3.05, 3.63) is 6.20 Å². The van der Waals surface area contributed by atoms with Crippen molar-refractivity contribution in [2.24, 2.45) is 0 Å². The fourth-order valence-corrected chi connectivity index (χ4v) is 5.28. The molecule has 32 heavy (non-hydrogen) atoms. The molecule has 0 amide bonds. The molecule has 0 saturated carbocycles. The van der Waals surface area contributed by atoms with Crippen molar-refractivity contribution < 1.29 is 0 Å². The van der Waals surface area contributed by atoms with Crippen LogP contribution < -0.4 is 19.6 Å². The van der Waals surface area contributed by atoms with Gasteiger partial charge in [0.2, 0.25) is 17.8 Å². The number of nitrogens with zero attached hydrogens (tertiary/aromatic N) is 9. The van der Waals surface area contributed by atoms with Gasteiger partial charge in [0, 0.05) is 52.4 Å². The van der Waals surface area contributed by atoms with E-state index in [-0.39, 0.29) is 0 Å². The van der Waals surface area contributed by atoms with E-state index in [0.717, 1.165) is 81.6 Å². The molecule has 4 saturated heterocycles. The van der Waals surface area contributed by atoms with Crippen molar-refractivity contribution in [3.8, 4) is 11.4 Å². The van der Waals surface area contributed by atoms with Gasteiger partial charge in [-0.25, -0.2) is 4.98 Å². The van der Waals surface area contributed by atoms with E-state index in [9.17, 15) is 0 Å². The van der Waals surface area contributed by atoms with Gasteiger partial charge in [0.25, 0.3) is 0 Å². The summed E-state index contributed by atoms with van der Waals surface area (Å²) >= 11 is 0. The second kappa shape index (κ2) is 8.67. The summed E-state index contributed by atoms with van der Waals surface area (Å²) in [4.78, 5) is 33.7. The Bertz CT molecular complexity index is 906. The molecule has 4 aliphatic heterocycles. The van der Waals surface area contributed by atoms with Gasteiger partial charge in [-0.05, 0) is 51.4 Å². The SMILES string of the molecule is [c]1nc(N2CCCC2)nc(N2CCCC2)c1-c1nc(N2CCCC2)nc(N2CCCC2)n1. The standard InChI is InChI=1S/C23H32N9/c1-2-10-29(9-1)20-18(17-24-21(27-20)30-11-3-4-12-30)19-25-22(31-13-5-6-14-31)28-23(26-19)32-15-7-8-16-32/h1-16H2. The number of rotatable bonds is 5. The summed E-state index contributed by atoms with van der Waals surface area (Å²) in [5, 5.41) is 0. The van der Waals surface area contributed by atoms with E-state index in [0.29, 0.717) is 5.82 Å². The first-order valence-electron chi connectivity index (χ1n) is 12.4. The van der Waals surface area contributed by atoms with E-state index in [1.807, 2.05) is 0 Å². The van der Waals surface area contributed by atoms with Gasteiger partial charge in [-0.3, -0.25) is 0 Å². The third-order valence-corrected chi connectivity index (χ3v) is 7.10. The smallest absolute Gasteiger partial charge is 0.230 e. The Kier molecular flexibility index (Phi) is 5.40. The Morgan fingerprint density at radius 3 is 1.41 bits per heavy atom. The van der Waals surface area contributed by atoms with Crippen molar-refractivity contribution in [3.63, 3.8) is 0 Å². The van der Waals surface area contributed by atoms with Gasteiger partial charge in [-0.15, -0.1) is 0 Å². The first-order chi connectivity index (χ1) is 15.8. The van der Waals surface area contributed by atoms with Gasteiger partial charge < -0.3 is 19.6 Å². The van der Waals surface area contributed by atoms with Crippen LogP contribution >= 0.6 is 0 Å². The van der Waals surface area contributed by atoms with Crippen LogP contribution in [0.25, 0.3) is 11.4 Å². The van der Waals surface area contributed by atoms with E-state index in [4.69, 9.17) is 19.9 Å². The summed E-state index contributed by atoms with van der Waals surface area (Å²) in [5.74, 6) is 3.98. The third kappa shape index (κ3) is 3.82. The molecular formula is C23H32N9. The molecule has 2 aromatic rings. The fraction of sp³-hybridized carbons (Fsp3) is 0.696. The molecule has 0 aliphatic carbocycles. The van der Waals surface area contributed by atoms with Gasteiger partial charge in [-0.2, -0.15) is 19.9 Å². The second-order valence-electron chi connectivity index (χ2n) is 9.37. The molecule has 4 fully saturated rings. The lowest BCUT2D eigenvalue weighted by Gasteiger charge is -2.24. The molecule has 0 N–H and O–H groups in total. The highest BCUT2D eigenvalue weighted by Crippen LogP contribution is 2.33. The molecule has 2 aromatic heterocycles. The highest BCUT2D eigenvalue weighted by atomic mass is 15.4.